The number of hydrogen-bond acceptors (Lipinski definition) is 6. The van der Waals surface area contributed by atoms with Crippen LogP contribution >= 0.6 is 11.3 Å². The van der Waals surface area contributed by atoms with Gasteiger partial charge in [0, 0.05) is 0 Å². The summed E-state index contributed by atoms with van der Waals surface area (Å²) in [6.45, 7) is -0.141. The number of benzene rings is 1. The van der Waals surface area contributed by atoms with Gasteiger partial charge in [0.1, 0.15) is 5.82 Å². The molecule has 114 valence electrons. The molecule has 0 spiro atoms. The molecule has 0 saturated carbocycles. The molecule has 0 fully saturated rings. The highest BCUT2D eigenvalue weighted by Gasteiger charge is 2.16. The van der Waals surface area contributed by atoms with E-state index in [1.54, 1.807) is 0 Å². The first kappa shape index (κ1) is 14.8. The van der Waals surface area contributed by atoms with Crippen molar-refractivity contribution in [3.05, 3.63) is 53.5 Å². The number of thiophene rings is 1. The van der Waals surface area contributed by atoms with Crippen molar-refractivity contribution in [2.45, 2.75) is 11.4 Å². The minimum atomic E-state index is -3.76. The van der Waals surface area contributed by atoms with Crippen LogP contribution in [0.4, 0.5) is 4.39 Å². The Morgan fingerprint density at radius 3 is 2.64 bits per heavy atom. The molecule has 9 heteroatoms. The van der Waals surface area contributed by atoms with E-state index in [4.69, 9.17) is 4.42 Å². The van der Waals surface area contributed by atoms with Crippen LogP contribution in [0, 0.1) is 5.82 Å². The number of aromatic nitrogens is 2. The number of nitrogens with zero attached hydrogens (tertiary/aromatic N) is 2. The summed E-state index contributed by atoms with van der Waals surface area (Å²) in [5.74, 6) is -0.0171. The van der Waals surface area contributed by atoms with Crippen molar-refractivity contribution in [1.82, 2.24) is 14.9 Å². The summed E-state index contributed by atoms with van der Waals surface area (Å²) in [6, 6.07) is 8.20. The average molecular weight is 339 g/mol. The van der Waals surface area contributed by atoms with E-state index in [9.17, 15) is 12.8 Å². The highest BCUT2D eigenvalue weighted by molar-refractivity contribution is 7.89. The first-order chi connectivity index (χ1) is 10.5. The van der Waals surface area contributed by atoms with Crippen LogP contribution in [0.1, 0.15) is 5.89 Å². The smallest absolute Gasteiger partial charge is 0.257 e. The van der Waals surface area contributed by atoms with Crippen LogP contribution in [-0.4, -0.2) is 18.6 Å². The fourth-order valence-electron chi connectivity index (χ4n) is 1.68. The number of nitrogens with one attached hydrogen (secondary N) is 1. The van der Waals surface area contributed by atoms with Gasteiger partial charge in [0.2, 0.25) is 15.9 Å². The Kier molecular flexibility index (Phi) is 4.01. The van der Waals surface area contributed by atoms with Crippen LogP contribution < -0.4 is 4.72 Å². The first-order valence-corrected chi connectivity index (χ1v) is 8.52. The number of halogens is 1. The summed E-state index contributed by atoms with van der Waals surface area (Å²) < 4.78 is 44.6. The van der Waals surface area contributed by atoms with Crippen molar-refractivity contribution in [2.75, 3.05) is 0 Å². The summed E-state index contributed by atoms with van der Waals surface area (Å²) in [4.78, 5) is 0.770. The lowest BCUT2D eigenvalue weighted by molar-refractivity contribution is 0.495. The maximum Gasteiger partial charge on any atom is 0.257 e. The molecule has 2 heterocycles. The van der Waals surface area contributed by atoms with Crippen LogP contribution in [0.5, 0.6) is 0 Å². The Bertz CT molecular complexity index is 858. The van der Waals surface area contributed by atoms with Crippen LogP contribution in [0.2, 0.25) is 0 Å². The van der Waals surface area contributed by atoms with E-state index in [-0.39, 0.29) is 17.3 Å². The van der Waals surface area contributed by atoms with Gasteiger partial charge in [-0.1, -0.05) is 6.07 Å². The molecule has 0 aliphatic carbocycles. The Labute approximate surface area is 129 Å². The van der Waals surface area contributed by atoms with Gasteiger partial charge in [0.15, 0.2) is 0 Å². The molecule has 3 aromatic rings. The molecule has 1 N–H and O–H groups in total. The third kappa shape index (κ3) is 3.21. The van der Waals surface area contributed by atoms with Gasteiger partial charge in [-0.05, 0) is 35.7 Å². The Morgan fingerprint density at radius 2 is 1.95 bits per heavy atom. The third-order valence-corrected chi connectivity index (χ3v) is 5.01. The lowest BCUT2D eigenvalue weighted by atomic mass is 10.4. The fraction of sp³-hybridized carbons (Fsp3) is 0.0769. The van der Waals surface area contributed by atoms with Crippen LogP contribution in [0.15, 0.2) is 51.1 Å². The third-order valence-electron chi connectivity index (χ3n) is 2.74. The number of hydrogen-bond donors (Lipinski definition) is 1. The van der Waals surface area contributed by atoms with Crippen molar-refractivity contribution < 1.29 is 17.2 Å². The van der Waals surface area contributed by atoms with E-state index in [1.165, 1.54) is 23.5 Å². The summed E-state index contributed by atoms with van der Waals surface area (Å²) in [5.41, 5.74) is 0. The molecule has 0 aliphatic heterocycles. The predicted octanol–water partition coefficient (Wildman–Crippen LogP) is 2.42. The van der Waals surface area contributed by atoms with E-state index in [2.05, 4.69) is 14.9 Å². The Morgan fingerprint density at radius 1 is 1.18 bits per heavy atom. The normalized spacial score (nSPS) is 11.7. The Balaban J connectivity index is 1.71. The molecule has 0 saturated heterocycles. The second-order valence-electron chi connectivity index (χ2n) is 4.26. The topological polar surface area (TPSA) is 85.1 Å². The molecule has 0 atom stereocenters. The zero-order valence-corrected chi connectivity index (χ0v) is 12.7. The number of rotatable bonds is 5. The van der Waals surface area contributed by atoms with Crippen molar-refractivity contribution in [1.29, 1.82) is 0 Å². The molecule has 0 radical (unpaired) electrons. The van der Waals surface area contributed by atoms with Gasteiger partial charge < -0.3 is 4.42 Å². The highest BCUT2D eigenvalue weighted by Crippen LogP contribution is 2.23. The molecule has 1 aromatic carbocycles. The van der Waals surface area contributed by atoms with Gasteiger partial charge in [-0.3, -0.25) is 0 Å². The second-order valence-corrected chi connectivity index (χ2v) is 6.97. The SMILES string of the molecule is O=S(=O)(NCc1nnc(-c2cccs2)o1)c1ccc(F)cc1. The number of sulfonamides is 1. The average Bonchev–Trinajstić information content (AvgIpc) is 3.17. The monoisotopic (exact) mass is 339 g/mol. The first-order valence-electron chi connectivity index (χ1n) is 6.16. The van der Waals surface area contributed by atoms with E-state index < -0.39 is 15.8 Å². The molecule has 0 unspecified atom stereocenters. The zero-order valence-electron chi connectivity index (χ0n) is 11.1. The van der Waals surface area contributed by atoms with E-state index >= 15 is 0 Å². The predicted molar refractivity (Wildman–Crippen MR) is 78.0 cm³/mol. The lowest BCUT2D eigenvalue weighted by Gasteiger charge is -2.04. The second kappa shape index (κ2) is 5.95. The molecular formula is C13H10FN3O3S2. The molecular weight excluding hydrogens is 329 g/mol. The fourth-order valence-corrected chi connectivity index (χ4v) is 3.30. The minimum Gasteiger partial charge on any atom is -0.418 e. The van der Waals surface area contributed by atoms with Crippen molar-refractivity contribution in [2.24, 2.45) is 0 Å². The highest BCUT2D eigenvalue weighted by atomic mass is 32.2. The standard InChI is InChI=1S/C13H10FN3O3S2/c14-9-3-5-10(6-4-9)22(18,19)15-8-12-16-17-13(20-12)11-2-1-7-21-11/h1-7,15H,8H2. The summed E-state index contributed by atoms with van der Waals surface area (Å²) in [6.07, 6.45) is 0. The maximum absolute atomic E-state index is 12.8. The molecule has 22 heavy (non-hydrogen) atoms. The molecule has 2 aromatic heterocycles. The molecule has 3 rings (SSSR count). The minimum absolute atomic E-state index is 0.0353. The van der Waals surface area contributed by atoms with Crippen molar-refractivity contribution >= 4 is 21.4 Å². The van der Waals surface area contributed by atoms with Gasteiger partial charge in [-0.15, -0.1) is 21.5 Å². The van der Waals surface area contributed by atoms with Gasteiger partial charge in [0.25, 0.3) is 5.89 Å². The Hall–Kier alpha value is -2.10. The van der Waals surface area contributed by atoms with E-state index in [1.807, 2.05) is 17.5 Å². The summed E-state index contributed by atoms with van der Waals surface area (Å²) in [5, 5.41) is 9.51. The lowest BCUT2D eigenvalue weighted by Crippen LogP contribution is -2.23. The summed E-state index contributed by atoms with van der Waals surface area (Å²) >= 11 is 1.44. The van der Waals surface area contributed by atoms with Gasteiger partial charge in [-0.2, -0.15) is 0 Å². The molecule has 0 aliphatic rings. The summed E-state index contributed by atoms with van der Waals surface area (Å²) in [7, 11) is -3.76. The zero-order chi connectivity index (χ0) is 15.6. The van der Waals surface area contributed by atoms with E-state index in [0.29, 0.717) is 5.89 Å². The van der Waals surface area contributed by atoms with Gasteiger partial charge in [-0.25, -0.2) is 17.5 Å². The van der Waals surface area contributed by atoms with Crippen molar-refractivity contribution in [3.63, 3.8) is 0 Å². The largest absolute Gasteiger partial charge is 0.418 e. The van der Waals surface area contributed by atoms with E-state index in [0.717, 1.165) is 17.0 Å². The van der Waals surface area contributed by atoms with Crippen LogP contribution in [-0.2, 0) is 16.6 Å². The van der Waals surface area contributed by atoms with Crippen molar-refractivity contribution in [3.8, 4) is 10.8 Å². The molecule has 0 bridgehead atoms. The maximum atomic E-state index is 12.8. The molecule has 6 nitrogen and oxygen atoms in total. The van der Waals surface area contributed by atoms with Gasteiger partial charge in [0.05, 0.1) is 16.3 Å². The van der Waals surface area contributed by atoms with Gasteiger partial charge >= 0.3 is 0 Å². The van der Waals surface area contributed by atoms with Crippen LogP contribution in [0.25, 0.3) is 10.8 Å². The van der Waals surface area contributed by atoms with Crippen LogP contribution in [0.3, 0.4) is 0 Å². The quantitative estimate of drug-likeness (QED) is 0.771. The molecule has 0 amide bonds.